The molecule has 1 aromatic rings. The van der Waals surface area contributed by atoms with Crippen molar-refractivity contribution in [2.45, 2.75) is 32.9 Å². The normalized spacial score (nSPS) is 15.0. The van der Waals surface area contributed by atoms with Crippen molar-refractivity contribution in [1.29, 1.82) is 0 Å². The van der Waals surface area contributed by atoms with E-state index in [9.17, 15) is 22.8 Å². The molecule has 0 saturated carbocycles. The zero-order valence-corrected chi connectivity index (χ0v) is 20.5. The maximum Gasteiger partial charge on any atom is 0.416 e. The molecule has 11 heteroatoms. The molecule has 7 nitrogen and oxygen atoms in total. The highest BCUT2D eigenvalue weighted by Crippen LogP contribution is 2.29. The summed E-state index contributed by atoms with van der Waals surface area (Å²) in [4.78, 5) is 30.6. The summed E-state index contributed by atoms with van der Waals surface area (Å²) in [5, 5.41) is 5.86. The number of piperidine rings is 1. The molecular weight excluding hydrogens is 540 g/mol. The van der Waals surface area contributed by atoms with Crippen LogP contribution in [0.15, 0.2) is 29.3 Å². The van der Waals surface area contributed by atoms with Crippen LogP contribution in [0.25, 0.3) is 0 Å². The quantitative estimate of drug-likeness (QED) is 0.173. The molecule has 2 N–H and O–H groups in total. The Labute approximate surface area is 203 Å². The number of aliphatic imine (C=N–C) groups is 1. The molecule has 0 radical (unpaired) electrons. The zero-order valence-electron chi connectivity index (χ0n) is 18.2. The van der Waals surface area contributed by atoms with Gasteiger partial charge in [0.2, 0.25) is 0 Å². The number of benzene rings is 1. The van der Waals surface area contributed by atoms with Gasteiger partial charge in [-0.15, -0.1) is 24.0 Å². The third kappa shape index (κ3) is 8.47. The van der Waals surface area contributed by atoms with E-state index in [1.54, 1.807) is 6.92 Å². The van der Waals surface area contributed by atoms with Crippen molar-refractivity contribution in [3.63, 3.8) is 0 Å². The molecule has 1 fully saturated rings. The molecule has 1 aliphatic rings. The number of carbonyl (C=O) groups excluding carboxylic acids is 2. The van der Waals surface area contributed by atoms with Crippen molar-refractivity contribution < 1.29 is 27.5 Å². The van der Waals surface area contributed by atoms with Crippen molar-refractivity contribution in [2.75, 3.05) is 39.3 Å². The van der Waals surface area contributed by atoms with Crippen LogP contribution in [-0.4, -0.2) is 62.1 Å². The monoisotopic (exact) mass is 570 g/mol. The predicted molar refractivity (Wildman–Crippen MR) is 126 cm³/mol. The van der Waals surface area contributed by atoms with Crippen LogP contribution >= 0.6 is 24.0 Å². The number of carbonyl (C=O) groups is 2. The Hall–Kier alpha value is -2.05. The summed E-state index contributed by atoms with van der Waals surface area (Å²) >= 11 is 0. The third-order valence-electron chi connectivity index (χ3n) is 4.88. The number of hydrogen-bond donors (Lipinski definition) is 2. The summed E-state index contributed by atoms with van der Waals surface area (Å²) in [5.74, 6) is -0.00469. The fraction of sp³-hybridized carbons (Fsp3) is 0.571. The second-order valence-electron chi connectivity index (χ2n) is 7.08. The molecule has 0 spiro atoms. The Morgan fingerprint density at radius 1 is 1.12 bits per heavy atom. The van der Waals surface area contributed by atoms with Crippen LogP contribution in [0.4, 0.5) is 13.2 Å². The van der Waals surface area contributed by atoms with Gasteiger partial charge >= 0.3 is 12.1 Å². The number of nitrogens with zero attached hydrogens (tertiary/aromatic N) is 2. The van der Waals surface area contributed by atoms with E-state index in [1.807, 2.05) is 6.92 Å². The largest absolute Gasteiger partial charge is 0.466 e. The number of likely N-dealkylation sites (tertiary alicyclic amines) is 1. The van der Waals surface area contributed by atoms with Gasteiger partial charge in [-0.2, -0.15) is 13.2 Å². The lowest BCUT2D eigenvalue weighted by molar-refractivity contribution is -0.149. The highest BCUT2D eigenvalue weighted by molar-refractivity contribution is 14.0. The van der Waals surface area contributed by atoms with Crippen molar-refractivity contribution in [3.8, 4) is 0 Å². The van der Waals surface area contributed by atoms with E-state index in [-0.39, 0.29) is 48.0 Å². The molecule has 2 rings (SSSR count). The number of rotatable bonds is 7. The van der Waals surface area contributed by atoms with Crippen LogP contribution in [-0.2, 0) is 15.7 Å². The van der Waals surface area contributed by atoms with Crippen LogP contribution in [0.2, 0.25) is 0 Å². The molecule has 0 aromatic heterocycles. The summed E-state index contributed by atoms with van der Waals surface area (Å²) in [5.41, 5.74) is -0.638. The Balaban J connectivity index is 0.00000512. The molecule has 0 bridgehead atoms. The molecule has 1 saturated heterocycles. The van der Waals surface area contributed by atoms with E-state index in [0.29, 0.717) is 51.6 Å². The highest BCUT2D eigenvalue weighted by atomic mass is 127. The lowest BCUT2D eigenvalue weighted by Gasteiger charge is -2.33. The molecule has 180 valence electrons. The SMILES string of the molecule is CCNC(=NCCNC(=O)c1ccc(C(F)(F)F)cc1)N1CCC(C(=O)OCC)CC1.I. The van der Waals surface area contributed by atoms with Gasteiger partial charge < -0.3 is 20.3 Å². The Kier molecular flexibility index (Phi) is 11.8. The van der Waals surface area contributed by atoms with E-state index in [4.69, 9.17) is 4.74 Å². The number of halogens is 4. The smallest absolute Gasteiger partial charge is 0.416 e. The van der Waals surface area contributed by atoms with E-state index in [1.165, 1.54) is 0 Å². The molecular formula is C21H30F3IN4O3. The molecule has 1 aromatic carbocycles. The minimum absolute atomic E-state index is 0. The predicted octanol–water partition coefficient (Wildman–Crippen LogP) is 3.29. The summed E-state index contributed by atoms with van der Waals surface area (Å²) in [6.45, 7) is 6.70. The van der Waals surface area contributed by atoms with Gasteiger partial charge in [0.05, 0.1) is 24.6 Å². The number of guanidine groups is 1. The van der Waals surface area contributed by atoms with Crippen molar-refractivity contribution in [3.05, 3.63) is 35.4 Å². The van der Waals surface area contributed by atoms with Gasteiger partial charge in [-0.1, -0.05) is 0 Å². The number of esters is 1. The maximum atomic E-state index is 12.6. The molecule has 1 heterocycles. The summed E-state index contributed by atoms with van der Waals surface area (Å²) in [7, 11) is 0. The number of alkyl halides is 3. The van der Waals surface area contributed by atoms with Crippen LogP contribution in [0.3, 0.4) is 0 Å². The van der Waals surface area contributed by atoms with E-state index >= 15 is 0 Å². The number of nitrogens with one attached hydrogen (secondary N) is 2. The van der Waals surface area contributed by atoms with Gasteiger partial charge in [-0.05, 0) is 51.0 Å². The average molecular weight is 570 g/mol. The molecule has 1 amide bonds. The lowest BCUT2D eigenvalue weighted by Crippen LogP contribution is -2.47. The van der Waals surface area contributed by atoms with Gasteiger partial charge in [0.1, 0.15) is 0 Å². The second kappa shape index (κ2) is 13.5. The Bertz CT molecular complexity index is 765. The van der Waals surface area contributed by atoms with Crippen LogP contribution < -0.4 is 10.6 Å². The van der Waals surface area contributed by atoms with Crippen LogP contribution in [0, 0.1) is 5.92 Å². The molecule has 0 unspecified atom stereocenters. The van der Waals surface area contributed by atoms with Gasteiger partial charge in [0.25, 0.3) is 5.91 Å². The fourth-order valence-corrected chi connectivity index (χ4v) is 3.26. The average Bonchev–Trinajstić information content (AvgIpc) is 2.75. The topological polar surface area (TPSA) is 83.0 Å². The molecule has 1 aliphatic heterocycles. The standard InChI is InChI=1S/C21H29F3N4O3.HI/c1-3-25-20(28-13-9-16(10-14-28)19(30)31-4-2)27-12-11-26-18(29)15-5-7-17(8-6-15)21(22,23)24;/h5-8,16H,3-4,9-14H2,1-2H3,(H,25,27)(H,26,29);1H. The van der Waals surface area contributed by atoms with Gasteiger partial charge in [-0.3, -0.25) is 14.6 Å². The molecule has 0 atom stereocenters. The van der Waals surface area contributed by atoms with Crippen molar-refractivity contribution in [2.24, 2.45) is 10.9 Å². The number of hydrogen-bond acceptors (Lipinski definition) is 4. The van der Waals surface area contributed by atoms with Crippen LogP contribution in [0.5, 0.6) is 0 Å². The van der Waals surface area contributed by atoms with Gasteiger partial charge in [0.15, 0.2) is 5.96 Å². The van der Waals surface area contributed by atoms with Crippen molar-refractivity contribution >= 4 is 41.8 Å². The van der Waals surface area contributed by atoms with Crippen molar-refractivity contribution in [1.82, 2.24) is 15.5 Å². The second-order valence-corrected chi connectivity index (χ2v) is 7.08. The maximum absolute atomic E-state index is 12.6. The molecule has 32 heavy (non-hydrogen) atoms. The first-order valence-corrected chi connectivity index (χ1v) is 10.4. The Morgan fingerprint density at radius 2 is 1.75 bits per heavy atom. The summed E-state index contributed by atoms with van der Waals surface area (Å²) in [6, 6.07) is 4.07. The van der Waals surface area contributed by atoms with E-state index in [0.717, 1.165) is 24.3 Å². The molecule has 0 aliphatic carbocycles. The fourth-order valence-electron chi connectivity index (χ4n) is 3.26. The third-order valence-corrected chi connectivity index (χ3v) is 4.88. The summed E-state index contributed by atoms with van der Waals surface area (Å²) < 4.78 is 42.9. The zero-order chi connectivity index (χ0) is 22.9. The lowest BCUT2D eigenvalue weighted by atomic mass is 9.97. The van der Waals surface area contributed by atoms with Crippen LogP contribution in [0.1, 0.15) is 42.6 Å². The first-order chi connectivity index (χ1) is 14.8. The first kappa shape index (κ1) is 28.0. The minimum atomic E-state index is -4.43. The Morgan fingerprint density at radius 3 is 2.28 bits per heavy atom. The van der Waals surface area contributed by atoms with E-state index in [2.05, 4.69) is 20.5 Å². The van der Waals surface area contributed by atoms with Gasteiger partial charge in [-0.25, -0.2) is 0 Å². The first-order valence-electron chi connectivity index (χ1n) is 10.4. The minimum Gasteiger partial charge on any atom is -0.466 e. The number of amides is 1. The highest BCUT2D eigenvalue weighted by Gasteiger charge is 2.30. The van der Waals surface area contributed by atoms with E-state index < -0.39 is 17.6 Å². The number of ether oxygens (including phenoxy) is 1. The van der Waals surface area contributed by atoms with Gasteiger partial charge in [0, 0.05) is 31.7 Å². The summed E-state index contributed by atoms with van der Waals surface area (Å²) in [6.07, 6.45) is -3.06.